The van der Waals surface area contributed by atoms with Crippen LogP contribution in [0, 0.1) is 0 Å². The predicted octanol–water partition coefficient (Wildman–Crippen LogP) is 1.72. The normalized spacial score (nSPS) is 12.4. The molecule has 2 aromatic carbocycles. The van der Waals surface area contributed by atoms with E-state index >= 15 is 0 Å². The van der Waals surface area contributed by atoms with Gasteiger partial charge >= 0.3 is 12.1 Å². The van der Waals surface area contributed by atoms with Crippen LogP contribution in [-0.2, 0) is 32.1 Å². The standard InChI is InChI=1S/C24H25N3O6/c1-32-23(30)20(13-18-12-11-17-9-5-6-10-19(17)25-18)26-22(29)21(14-28)27-24(31)33-15-16-7-3-2-4-8-16/h2-12,20-21,28H,13-15H2,1H3,(H,26,29)(H,27,31)/t20-,21-/m0/s1. The fourth-order valence-corrected chi connectivity index (χ4v) is 3.14. The van der Waals surface area contributed by atoms with Crippen LogP contribution in [0.1, 0.15) is 11.3 Å². The van der Waals surface area contributed by atoms with Crippen LogP contribution in [0.5, 0.6) is 0 Å². The first-order chi connectivity index (χ1) is 16.0. The summed E-state index contributed by atoms with van der Waals surface area (Å²) in [5.41, 5.74) is 2.09. The second-order valence-electron chi connectivity index (χ2n) is 7.22. The fraction of sp³-hybridized carbons (Fsp3) is 0.250. The van der Waals surface area contributed by atoms with E-state index in [0.29, 0.717) is 5.69 Å². The van der Waals surface area contributed by atoms with Gasteiger partial charge in [-0.05, 0) is 17.7 Å². The minimum atomic E-state index is -1.31. The predicted molar refractivity (Wildman–Crippen MR) is 120 cm³/mol. The number of methoxy groups -OCH3 is 1. The number of aliphatic hydroxyl groups is 1. The lowest BCUT2D eigenvalue weighted by Gasteiger charge is -2.21. The minimum Gasteiger partial charge on any atom is -0.467 e. The molecule has 2 atom stereocenters. The number of benzene rings is 2. The van der Waals surface area contributed by atoms with Crippen molar-refractivity contribution in [2.75, 3.05) is 13.7 Å². The molecule has 3 rings (SSSR count). The summed E-state index contributed by atoms with van der Waals surface area (Å²) in [6.07, 6.45) is -0.807. The Morgan fingerprint density at radius 3 is 2.39 bits per heavy atom. The Bertz CT molecular complexity index is 1110. The second kappa shape index (κ2) is 11.6. The number of hydrogen-bond donors (Lipinski definition) is 3. The molecule has 0 aliphatic rings. The Morgan fingerprint density at radius 2 is 1.67 bits per heavy atom. The molecule has 33 heavy (non-hydrogen) atoms. The van der Waals surface area contributed by atoms with Gasteiger partial charge in [-0.25, -0.2) is 9.59 Å². The van der Waals surface area contributed by atoms with Gasteiger partial charge in [0.05, 0.1) is 19.2 Å². The van der Waals surface area contributed by atoms with Gasteiger partial charge in [0.25, 0.3) is 0 Å². The molecule has 0 spiro atoms. The molecule has 172 valence electrons. The average molecular weight is 451 g/mol. The molecule has 0 saturated heterocycles. The first-order valence-electron chi connectivity index (χ1n) is 10.3. The van der Waals surface area contributed by atoms with Gasteiger partial charge in [-0.15, -0.1) is 0 Å². The summed E-state index contributed by atoms with van der Waals surface area (Å²) in [5, 5.41) is 15.3. The Balaban J connectivity index is 1.62. The van der Waals surface area contributed by atoms with Crippen molar-refractivity contribution in [2.45, 2.75) is 25.1 Å². The molecule has 0 saturated carbocycles. The summed E-state index contributed by atoms with van der Waals surface area (Å²) < 4.78 is 9.88. The van der Waals surface area contributed by atoms with Crippen LogP contribution in [0.15, 0.2) is 66.7 Å². The molecule has 0 radical (unpaired) electrons. The number of hydrogen-bond acceptors (Lipinski definition) is 7. The van der Waals surface area contributed by atoms with Crippen molar-refractivity contribution >= 4 is 28.9 Å². The highest BCUT2D eigenvalue weighted by Gasteiger charge is 2.28. The lowest BCUT2D eigenvalue weighted by Crippen LogP contribution is -2.54. The zero-order chi connectivity index (χ0) is 23.6. The maximum atomic E-state index is 12.6. The molecule has 9 nitrogen and oxygen atoms in total. The molecule has 1 aromatic heterocycles. The van der Waals surface area contributed by atoms with Gasteiger partial charge in [0.2, 0.25) is 5.91 Å². The highest BCUT2D eigenvalue weighted by Crippen LogP contribution is 2.13. The van der Waals surface area contributed by atoms with Crippen molar-refractivity contribution in [3.63, 3.8) is 0 Å². The Labute approximate surface area is 190 Å². The average Bonchev–Trinajstić information content (AvgIpc) is 2.85. The van der Waals surface area contributed by atoms with Crippen molar-refractivity contribution in [1.29, 1.82) is 0 Å². The van der Waals surface area contributed by atoms with E-state index in [1.807, 2.05) is 36.4 Å². The van der Waals surface area contributed by atoms with Crippen LogP contribution < -0.4 is 10.6 Å². The highest BCUT2D eigenvalue weighted by atomic mass is 16.5. The smallest absolute Gasteiger partial charge is 0.408 e. The number of para-hydroxylation sites is 1. The molecule has 0 bridgehead atoms. The van der Waals surface area contributed by atoms with E-state index in [0.717, 1.165) is 16.5 Å². The number of pyridine rings is 1. The van der Waals surface area contributed by atoms with Crippen molar-refractivity contribution in [3.8, 4) is 0 Å². The molecular weight excluding hydrogens is 426 g/mol. The van der Waals surface area contributed by atoms with Crippen molar-refractivity contribution in [1.82, 2.24) is 15.6 Å². The number of alkyl carbamates (subject to hydrolysis) is 1. The maximum Gasteiger partial charge on any atom is 0.408 e. The number of fused-ring (bicyclic) bond motifs is 1. The molecule has 3 N–H and O–H groups in total. The van der Waals surface area contributed by atoms with E-state index in [9.17, 15) is 19.5 Å². The van der Waals surface area contributed by atoms with Gasteiger partial charge in [0.1, 0.15) is 18.7 Å². The zero-order valence-corrected chi connectivity index (χ0v) is 18.1. The first kappa shape index (κ1) is 23.7. The molecular formula is C24H25N3O6. The third kappa shape index (κ3) is 6.75. The Kier molecular flexibility index (Phi) is 8.31. The molecule has 0 fully saturated rings. The van der Waals surface area contributed by atoms with Crippen LogP contribution in [0.2, 0.25) is 0 Å². The number of esters is 1. The van der Waals surface area contributed by atoms with Gasteiger partial charge in [-0.3, -0.25) is 9.78 Å². The number of nitrogens with one attached hydrogen (secondary N) is 2. The summed E-state index contributed by atoms with van der Waals surface area (Å²) in [4.78, 5) is 41.5. The molecule has 0 unspecified atom stereocenters. The van der Waals surface area contributed by atoms with Crippen LogP contribution in [0.4, 0.5) is 4.79 Å². The van der Waals surface area contributed by atoms with E-state index in [2.05, 4.69) is 15.6 Å². The molecule has 0 aliphatic carbocycles. The van der Waals surface area contributed by atoms with Gasteiger partial charge in [-0.2, -0.15) is 0 Å². The van der Waals surface area contributed by atoms with Gasteiger partial charge in [0, 0.05) is 17.5 Å². The lowest BCUT2D eigenvalue weighted by atomic mass is 10.1. The monoisotopic (exact) mass is 451 g/mol. The van der Waals surface area contributed by atoms with Crippen LogP contribution >= 0.6 is 0 Å². The first-order valence-corrected chi connectivity index (χ1v) is 10.3. The minimum absolute atomic E-state index is 0.00482. The van der Waals surface area contributed by atoms with Gasteiger partial charge < -0.3 is 25.2 Å². The maximum absolute atomic E-state index is 12.6. The number of amides is 2. The summed E-state index contributed by atoms with van der Waals surface area (Å²) >= 11 is 0. The molecule has 9 heteroatoms. The van der Waals surface area contributed by atoms with E-state index in [1.165, 1.54) is 7.11 Å². The van der Waals surface area contributed by atoms with E-state index in [-0.39, 0.29) is 13.0 Å². The molecule has 2 amide bonds. The summed E-state index contributed by atoms with van der Waals surface area (Å²) in [5.74, 6) is -1.44. The fourth-order valence-electron chi connectivity index (χ4n) is 3.14. The third-order valence-corrected chi connectivity index (χ3v) is 4.88. The largest absolute Gasteiger partial charge is 0.467 e. The topological polar surface area (TPSA) is 127 Å². The third-order valence-electron chi connectivity index (χ3n) is 4.88. The van der Waals surface area contributed by atoms with Gasteiger partial charge in [-0.1, -0.05) is 54.6 Å². The Morgan fingerprint density at radius 1 is 0.939 bits per heavy atom. The zero-order valence-electron chi connectivity index (χ0n) is 18.1. The number of ether oxygens (including phenoxy) is 2. The van der Waals surface area contributed by atoms with E-state index in [4.69, 9.17) is 9.47 Å². The number of carbonyl (C=O) groups excluding carboxylic acids is 3. The summed E-state index contributed by atoms with van der Waals surface area (Å²) in [6.45, 7) is -0.681. The van der Waals surface area contributed by atoms with Crippen LogP contribution in [0.25, 0.3) is 10.9 Å². The SMILES string of the molecule is COC(=O)[C@H](Cc1ccc2ccccc2n1)NC(=O)[C@H](CO)NC(=O)OCc1ccccc1. The van der Waals surface area contributed by atoms with E-state index in [1.54, 1.807) is 30.3 Å². The lowest BCUT2D eigenvalue weighted by molar-refractivity contribution is -0.145. The van der Waals surface area contributed by atoms with Crippen molar-refractivity contribution < 1.29 is 29.0 Å². The number of aromatic nitrogens is 1. The number of carbonyl (C=O) groups is 3. The highest BCUT2D eigenvalue weighted by molar-refractivity contribution is 5.90. The quantitative estimate of drug-likeness (QED) is 0.423. The van der Waals surface area contributed by atoms with Gasteiger partial charge in [0.15, 0.2) is 0 Å². The van der Waals surface area contributed by atoms with Crippen LogP contribution in [0.3, 0.4) is 0 Å². The summed E-state index contributed by atoms with van der Waals surface area (Å²) in [6, 6.07) is 17.8. The number of aliphatic hydroxyl groups excluding tert-OH is 1. The van der Waals surface area contributed by atoms with Crippen molar-refractivity contribution in [3.05, 3.63) is 78.0 Å². The Hall–Kier alpha value is -3.98. The second-order valence-corrected chi connectivity index (χ2v) is 7.22. The number of nitrogens with zero attached hydrogens (tertiary/aromatic N) is 1. The number of rotatable bonds is 9. The molecule has 3 aromatic rings. The van der Waals surface area contributed by atoms with Crippen molar-refractivity contribution in [2.24, 2.45) is 0 Å². The van der Waals surface area contributed by atoms with Crippen LogP contribution in [-0.4, -0.2) is 53.9 Å². The van der Waals surface area contributed by atoms with E-state index < -0.39 is 36.7 Å². The summed E-state index contributed by atoms with van der Waals surface area (Å²) in [7, 11) is 1.21. The molecule has 1 heterocycles. The molecule has 0 aliphatic heterocycles.